The van der Waals surface area contributed by atoms with E-state index in [0.717, 1.165) is 17.8 Å². The van der Waals surface area contributed by atoms with E-state index < -0.39 is 5.41 Å². The number of ether oxygens (including phenoxy) is 1. The summed E-state index contributed by atoms with van der Waals surface area (Å²) in [6, 6.07) is 13.9. The Morgan fingerprint density at radius 3 is 2.57 bits per heavy atom. The Hall–Kier alpha value is -2.31. The molecule has 0 fully saturated rings. The monoisotopic (exact) mass is 431 g/mol. The Balaban J connectivity index is 1.86. The van der Waals surface area contributed by atoms with Crippen molar-refractivity contribution in [1.29, 1.82) is 0 Å². The summed E-state index contributed by atoms with van der Waals surface area (Å²) in [6.07, 6.45) is 2.05. The van der Waals surface area contributed by atoms with Crippen LogP contribution in [-0.2, 0) is 20.9 Å². The molecule has 7 heteroatoms. The molecule has 2 amide bonds. The number of hydrogen-bond donors (Lipinski definition) is 0. The second-order valence-corrected chi connectivity index (χ2v) is 8.53. The predicted octanol–water partition coefficient (Wildman–Crippen LogP) is 3.16. The summed E-state index contributed by atoms with van der Waals surface area (Å²) in [5, 5.41) is 0. The van der Waals surface area contributed by atoms with Gasteiger partial charge in [-0.25, -0.2) is 0 Å². The normalized spacial score (nSPS) is 16.3. The van der Waals surface area contributed by atoms with Gasteiger partial charge in [-0.15, -0.1) is 11.6 Å². The maximum atomic E-state index is 13.5. The molecule has 0 aliphatic carbocycles. The molecule has 1 aromatic heterocycles. The topological polar surface area (TPSA) is 54.8 Å². The van der Waals surface area contributed by atoms with Crippen LogP contribution in [0.1, 0.15) is 31.1 Å². The lowest BCUT2D eigenvalue weighted by Crippen LogP contribution is -2.51. The molecule has 0 N–H and O–H groups in total. The van der Waals surface area contributed by atoms with E-state index in [2.05, 4.69) is 10.6 Å². The third-order valence-corrected chi connectivity index (χ3v) is 6.23. The first kappa shape index (κ1) is 22.4. The van der Waals surface area contributed by atoms with Crippen LogP contribution >= 0.6 is 11.6 Å². The van der Waals surface area contributed by atoms with Gasteiger partial charge in [0.05, 0.1) is 24.6 Å². The van der Waals surface area contributed by atoms with Crippen molar-refractivity contribution in [2.24, 2.45) is 5.41 Å². The largest absolute Gasteiger partial charge is 0.383 e. The molecular formula is C23H30ClN3O3. The van der Waals surface area contributed by atoms with Gasteiger partial charge >= 0.3 is 0 Å². The number of methoxy groups -OCH3 is 1. The molecule has 3 rings (SSSR count). The number of alkyl halides is 1. The van der Waals surface area contributed by atoms with Gasteiger partial charge in [0.1, 0.15) is 0 Å². The molecule has 1 atom stereocenters. The molecule has 0 radical (unpaired) electrons. The molecule has 1 unspecified atom stereocenters. The Kier molecular flexibility index (Phi) is 7.21. The highest BCUT2D eigenvalue weighted by molar-refractivity contribution is 6.19. The number of benzene rings is 1. The van der Waals surface area contributed by atoms with Crippen LogP contribution in [0.4, 0.5) is 0 Å². The summed E-state index contributed by atoms with van der Waals surface area (Å²) in [5.41, 5.74) is 1.39. The van der Waals surface area contributed by atoms with E-state index in [-0.39, 0.29) is 30.3 Å². The third kappa shape index (κ3) is 4.71. The van der Waals surface area contributed by atoms with Crippen LogP contribution in [0.5, 0.6) is 0 Å². The van der Waals surface area contributed by atoms with Crippen molar-refractivity contribution in [3.8, 4) is 0 Å². The highest BCUT2D eigenvalue weighted by atomic mass is 35.5. The summed E-state index contributed by atoms with van der Waals surface area (Å²) in [7, 11) is 1.58. The van der Waals surface area contributed by atoms with Gasteiger partial charge in [0.25, 0.3) is 0 Å². The van der Waals surface area contributed by atoms with Crippen molar-refractivity contribution in [2.45, 2.75) is 26.4 Å². The van der Waals surface area contributed by atoms with Crippen LogP contribution in [0.2, 0.25) is 0 Å². The maximum Gasteiger partial charge on any atom is 0.243 e. The Bertz CT molecular complexity index is 866. The number of halogens is 1. The summed E-state index contributed by atoms with van der Waals surface area (Å²) >= 11 is 6.02. The Morgan fingerprint density at radius 1 is 1.17 bits per heavy atom. The minimum absolute atomic E-state index is 0.00650. The average Bonchev–Trinajstić information content (AvgIpc) is 3.24. The minimum atomic E-state index is -0.745. The summed E-state index contributed by atoms with van der Waals surface area (Å²) in [6.45, 7) is 5.64. The second kappa shape index (κ2) is 9.67. The zero-order chi connectivity index (χ0) is 21.7. The van der Waals surface area contributed by atoms with Crippen LogP contribution in [-0.4, -0.2) is 65.4 Å². The van der Waals surface area contributed by atoms with Gasteiger partial charge in [-0.1, -0.05) is 30.3 Å². The third-order valence-electron chi connectivity index (χ3n) is 5.57. The fourth-order valence-corrected chi connectivity index (χ4v) is 3.95. The lowest BCUT2D eigenvalue weighted by atomic mass is 9.94. The van der Waals surface area contributed by atoms with Gasteiger partial charge in [0.15, 0.2) is 0 Å². The van der Waals surface area contributed by atoms with Gasteiger partial charge in [-0.3, -0.25) is 9.59 Å². The van der Waals surface area contributed by atoms with Crippen molar-refractivity contribution in [3.63, 3.8) is 0 Å². The molecule has 2 aromatic rings. The number of aromatic nitrogens is 1. The Labute approximate surface area is 183 Å². The smallest absolute Gasteiger partial charge is 0.243 e. The summed E-state index contributed by atoms with van der Waals surface area (Å²) in [5.74, 6) is -0.0291. The van der Waals surface area contributed by atoms with Crippen LogP contribution < -0.4 is 0 Å². The minimum Gasteiger partial charge on any atom is -0.383 e. The van der Waals surface area contributed by atoms with E-state index in [9.17, 15) is 9.59 Å². The zero-order valence-corrected chi connectivity index (χ0v) is 18.6. The highest BCUT2D eigenvalue weighted by Gasteiger charge is 2.36. The first-order valence-corrected chi connectivity index (χ1v) is 10.8. The molecule has 1 aliphatic heterocycles. The number of amides is 2. The fourth-order valence-electron chi connectivity index (χ4n) is 3.83. The standard InChI is InChI=1S/C23H30ClN3O3/c1-23(2,17-24)22(29)26(14-15-30-3)16-20(28)27-13-12-25-11-7-10-19(25)21(27)18-8-5-4-6-9-18/h4-11,21H,12-17H2,1-3H3. The molecule has 30 heavy (non-hydrogen) atoms. The van der Waals surface area contributed by atoms with Crippen LogP contribution in [0.3, 0.4) is 0 Å². The second-order valence-electron chi connectivity index (χ2n) is 8.26. The van der Waals surface area contributed by atoms with Crippen molar-refractivity contribution in [1.82, 2.24) is 14.4 Å². The number of fused-ring (bicyclic) bond motifs is 1. The quantitative estimate of drug-likeness (QED) is 0.603. The number of carbonyl (C=O) groups is 2. The molecule has 2 heterocycles. The van der Waals surface area contributed by atoms with Crippen LogP contribution in [0, 0.1) is 5.41 Å². The van der Waals surface area contributed by atoms with Gasteiger partial charge in [0, 0.05) is 44.5 Å². The summed E-state index contributed by atoms with van der Waals surface area (Å²) in [4.78, 5) is 29.9. The average molecular weight is 432 g/mol. The molecule has 0 saturated carbocycles. The first-order valence-electron chi connectivity index (χ1n) is 10.2. The van der Waals surface area contributed by atoms with E-state index in [4.69, 9.17) is 16.3 Å². The van der Waals surface area contributed by atoms with E-state index >= 15 is 0 Å². The number of carbonyl (C=O) groups excluding carboxylic acids is 2. The molecule has 6 nitrogen and oxygen atoms in total. The SMILES string of the molecule is COCCN(CC(=O)N1CCn2cccc2C1c1ccccc1)C(=O)C(C)(C)CCl. The molecule has 0 bridgehead atoms. The van der Waals surface area contributed by atoms with E-state index in [0.29, 0.717) is 19.7 Å². The lowest BCUT2D eigenvalue weighted by Gasteiger charge is -2.39. The van der Waals surface area contributed by atoms with Crippen molar-refractivity contribution < 1.29 is 14.3 Å². The number of hydrogen-bond acceptors (Lipinski definition) is 3. The molecule has 0 spiro atoms. The van der Waals surface area contributed by atoms with Crippen molar-refractivity contribution in [3.05, 3.63) is 59.9 Å². The van der Waals surface area contributed by atoms with Crippen molar-refractivity contribution in [2.75, 3.05) is 39.2 Å². The van der Waals surface area contributed by atoms with Crippen molar-refractivity contribution >= 4 is 23.4 Å². The summed E-state index contributed by atoms with van der Waals surface area (Å²) < 4.78 is 7.35. The van der Waals surface area contributed by atoms with E-state index in [1.54, 1.807) is 25.9 Å². The Morgan fingerprint density at radius 2 is 1.90 bits per heavy atom. The molecule has 1 aliphatic rings. The van der Waals surface area contributed by atoms with Gasteiger partial charge in [0.2, 0.25) is 11.8 Å². The van der Waals surface area contributed by atoms with Gasteiger partial charge in [-0.2, -0.15) is 0 Å². The van der Waals surface area contributed by atoms with Gasteiger partial charge in [-0.05, 0) is 31.5 Å². The van der Waals surface area contributed by atoms with E-state index in [1.165, 1.54) is 0 Å². The molecule has 1 aromatic carbocycles. The lowest BCUT2D eigenvalue weighted by molar-refractivity contribution is -0.147. The van der Waals surface area contributed by atoms with Crippen LogP contribution in [0.25, 0.3) is 0 Å². The zero-order valence-electron chi connectivity index (χ0n) is 17.9. The fraction of sp³-hybridized carbons (Fsp3) is 0.478. The van der Waals surface area contributed by atoms with Crippen LogP contribution in [0.15, 0.2) is 48.7 Å². The van der Waals surface area contributed by atoms with E-state index in [1.807, 2.05) is 47.5 Å². The molecule has 162 valence electrons. The van der Waals surface area contributed by atoms with Gasteiger partial charge < -0.3 is 19.1 Å². The highest BCUT2D eigenvalue weighted by Crippen LogP contribution is 2.32. The number of nitrogens with zero attached hydrogens (tertiary/aromatic N) is 3. The molecular weight excluding hydrogens is 402 g/mol. The first-order chi connectivity index (χ1) is 14.4. The molecule has 0 saturated heterocycles. The number of rotatable bonds is 8. The maximum absolute atomic E-state index is 13.5. The predicted molar refractivity (Wildman–Crippen MR) is 117 cm³/mol.